The van der Waals surface area contributed by atoms with Gasteiger partial charge < -0.3 is 10.7 Å². The summed E-state index contributed by atoms with van der Waals surface area (Å²) in [6, 6.07) is 2.09. The Morgan fingerprint density at radius 1 is 1.25 bits per heavy atom. The summed E-state index contributed by atoms with van der Waals surface area (Å²) in [5.41, 5.74) is 8.63. The number of hydrogen-bond acceptors (Lipinski definition) is 3. The molecule has 1 aliphatic carbocycles. The second-order valence-corrected chi connectivity index (χ2v) is 6.10. The summed E-state index contributed by atoms with van der Waals surface area (Å²) >= 11 is 1.57. The number of hydrogen-bond donors (Lipinski definition) is 2. The van der Waals surface area contributed by atoms with Crippen LogP contribution in [0.15, 0.2) is 12.1 Å². The molecule has 4 rings (SSSR count). The third kappa shape index (κ3) is 1.57. The molecule has 3 aromatic rings. The molecule has 0 bridgehead atoms. The number of halogens is 2. The lowest BCUT2D eigenvalue weighted by molar-refractivity contribution is 0.591. The predicted octanol–water partition coefficient (Wildman–Crippen LogP) is 3.64. The predicted molar refractivity (Wildman–Crippen MR) is 75.8 cm³/mol. The van der Waals surface area contributed by atoms with E-state index >= 15 is 0 Å². The average molecular weight is 291 g/mol. The van der Waals surface area contributed by atoms with E-state index in [1.54, 1.807) is 11.3 Å². The van der Waals surface area contributed by atoms with E-state index in [0.717, 1.165) is 30.9 Å². The first-order chi connectivity index (χ1) is 9.63. The molecular weight excluding hydrogens is 280 g/mol. The number of nitrogens with zero attached hydrogens (tertiary/aromatic N) is 1. The minimum atomic E-state index is -0.659. The van der Waals surface area contributed by atoms with Crippen LogP contribution in [0.1, 0.15) is 16.9 Å². The van der Waals surface area contributed by atoms with Crippen molar-refractivity contribution in [1.29, 1.82) is 0 Å². The van der Waals surface area contributed by atoms with Crippen LogP contribution in [0.2, 0.25) is 0 Å². The third-order valence-corrected chi connectivity index (χ3v) is 4.81. The van der Waals surface area contributed by atoms with E-state index in [-0.39, 0.29) is 5.52 Å². The van der Waals surface area contributed by atoms with E-state index in [4.69, 9.17) is 5.73 Å². The van der Waals surface area contributed by atoms with Crippen LogP contribution in [-0.4, -0.2) is 9.97 Å². The van der Waals surface area contributed by atoms with Crippen molar-refractivity contribution in [3.8, 4) is 11.4 Å². The molecule has 0 atom stereocenters. The molecule has 0 saturated carbocycles. The Morgan fingerprint density at radius 3 is 2.95 bits per heavy atom. The van der Waals surface area contributed by atoms with E-state index in [9.17, 15) is 8.78 Å². The number of anilines is 1. The van der Waals surface area contributed by atoms with Gasteiger partial charge in [0.25, 0.3) is 0 Å². The first kappa shape index (κ1) is 11.8. The van der Waals surface area contributed by atoms with Crippen molar-refractivity contribution in [2.75, 3.05) is 5.73 Å². The molecule has 102 valence electrons. The van der Waals surface area contributed by atoms with Gasteiger partial charge in [-0.1, -0.05) is 0 Å². The number of benzene rings is 1. The van der Waals surface area contributed by atoms with E-state index in [0.29, 0.717) is 16.3 Å². The van der Waals surface area contributed by atoms with Crippen molar-refractivity contribution < 1.29 is 8.78 Å². The number of rotatable bonds is 1. The molecule has 1 aromatic carbocycles. The first-order valence-electron chi connectivity index (χ1n) is 6.38. The van der Waals surface area contributed by atoms with Crippen molar-refractivity contribution in [1.82, 2.24) is 9.97 Å². The maximum atomic E-state index is 13.7. The Bertz CT molecular complexity index is 835. The second-order valence-electron chi connectivity index (χ2n) is 4.97. The number of thiophene rings is 1. The molecule has 20 heavy (non-hydrogen) atoms. The number of aromatic amines is 1. The largest absolute Gasteiger partial charge is 0.390 e. The normalized spacial score (nSPS) is 14.1. The first-order valence-corrected chi connectivity index (χ1v) is 7.20. The highest BCUT2D eigenvalue weighted by Crippen LogP contribution is 2.42. The SMILES string of the molecule is Nc1sc2c(c1-c1nc3c(F)cc(F)cc3[nH]1)CCC2. The number of imidazole rings is 1. The van der Waals surface area contributed by atoms with Crippen LogP contribution in [0, 0.1) is 11.6 Å². The van der Waals surface area contributed by atoms with Crippen molar-refractivity contribution in [3.63, 3.8) is 0 Å². The Hall–Kier alpha value is -1.95. The van der Waals surface area contributed by atoms with Gasteiger partial charge in [-0.15, -0.1) is 11.3 Å². The third-order valence-electron chi connectivity index (χ3n) is 3.69. The fraction of sp³-hybridized carbons (Fsp3) is 0.214. The zero-order chi connectivity index (χ0) is 13.9. The highest BCUT2D eigenvalue weighted by molar-refractivity contribution is 7.16. The fourth-order valence-electron chi connectivity index (χ4n) is 2.85. The van der Waals surface area contributed by atoms with E-state index in [1.165, 1.54) is 16.5 Å². The van der Waals surface area contributed by atoms with Gasteiger partial charge in [-0.2, -0.15) is 0 Å². The van der Waals surface area contributed by atoms with Crippen molar-refractivity contribution >= 4 is 27.4 Å². The minimum absolute atomic E-state index is 0.152. The zero-order valence-electron chi connectivity index (χ0n) is 10.5. The molecule has 2 heterocycles. The molecule has 0 unspecified atom stereocenters. The summed E-state index contributed by atoms with van der Waals surface area (Å²) in [4.78, 5) is 8.53. The van der Waals surface area contributed by atoms with Crippen LogP contribution in [0.5, 0.6) is 0 Å². The van der Waals surface area contributed by atoms with Gasteiger partial charge >= 0.3 is 0 Å². The van der Waals surface area contributed by atoms with E-state index in [2.05, 4.69) is 9.97 Å². The van der Waals surface area contributed by atoms with Gasteiger partial charge in [0, 0.05) is 10.9 Å². The van der Waals surface area contributed by atoms with Gasteiger partial charge in [-0.3, -0.25) is 0 Å². The summed E-state index contributed by atoms with van der Waals surface area (Å²) in [5, 5.41) is 0.689. The number of nitrogen functional groups attached to an aromatic ring is 1. The number of H-pyrrole nitrogens is 1. The number of nitrogens with two attached hydrogens (primary N) is 1. The fourth-order valence-corrected chi connectivity index (χ4v) is 4.01. The van der Waals surface area contributed by atoms with Gasteiger partial charge in [-0.25, -0.2) is 13.8 Å². The lowest BCUT2D eigenvalue weighted by Gasteiger charge is -1.98. The number of aryl methyl sites for hydroxylation is 1. The lowest BCUT2D eigenvalue weighted by atomic mass is 10.1. The molecule has 2 aromatic heterocycles. The quantitative estimate of drug-likeness (QED) is 0.719. The number of aromatic nitrogens is 2. The van der Waals surface area contributed by atoms with Gasteiger partial charge in [0.2, 0.25) is 0 Å². The topological polar surface area (TPSA) is 54.7 Å². The molecule has 3 nitrogen and oxygen atoms in total. The highest BCUT2D eigenvalue weighted by atomic mass is 32.1. The Morgan fingerprint density at radius 2 is 2.10 bits per heavy atom. The van der Waals surface area contributed by atoms with Crippen molar-refractivity contribution in [3.05, 3.63) is 34.2 Å². The van der Waals surface area contributed by atoms with Crippen LogP contribution < -0.4 is 5.73 Å². The summed E-state index contributed by atoms with van der Waals surface area (Å²) in [6.45, 7) is 0. The molecule has 1 aliphatic rings. The van der Waals surface area contributed by atoms with Gasteiger partial charge in [0.05, 0.1) is 16.1 Å². The Balaban J connectivity index is 1.97. The highest BCUT2D eigenvalue weighted by Gasteiger charge is 2.24. The summed E-state index contributed by atoms with van der Waals surface area (Å²) in [6.07, 6.45) is 3.11. The molecule has 3 N–H and O–H groups in total. The molecule has 6 heteroatoms. The molecule has 0 aliphatic heterocycles. The maximum Gasteiger partial charge on any atom is 0.153 e. The van der Waals surface area contributed by atoms with Gasteiger partial charge in [0.15, 0.2) is 5.82 Å². The van der Waals surface area contributed by atoms with Crippen LogP contribution in [-0.2, 0) is 12.8 Å². The maximum absolute atomic E-state index is 13.7. The van der Waals surface area contributed by atoms with Gasteiger partial charge in [-0.05, 0) is 30.9 Å². The van der Waals surface area contributed by atoms with Crippen LogP contribution in [0.25, 0.3) is 22.4 Å². The second kappa shape index (κ2) is 4.02. The Kier molecular flexibility index (Phi) is 2.38. The summed E-state index contributed by atoms with van der Waals surface area (Å²) in [7, 11) is 0. The van der Waals surface area contributed by atoms with E-state index < -0.39 is 11.6 Å². The lowest BCUT2D eigenvalue weighted by Crippen LogP contribution is -1.89. The minimum Gasteiger partial charge on any atom is -0.390 e. The molecule has 0 radical (unpaired) electrons. The smallest absolute Gasteiger partial charge is 0.153 e. The summed E-state index contributed by atoms with van der Waals surface area (Å²) < 4.78 is 27.0. The van der Waals surface area contributed by atoms with Crippen LogP contribution in [0.4, 0.5) is 13.8 Å². The molecule has 0 fully saturated rings. The van der Waals surface area contributed by atoms with Crippen molar-refractivity contribution in [2.24, 2.45) is 0 Å². The summed E-state index contributed by atoms with van der Waals surface area (Å²) in [5.74, 6) is -0.747. The van der Waals surface area contributed by atoms with Gasteiger partial charge in [0.1, 0.15) is 17.2 Å². The average Bonchev–Trinajstić information content (AvgIpc) is 3.02. The zero-order valence-corrected chi connectivity index (χ0v) is 11.3. The monoisotopic (exact) mass is 291 g/mol. The van der Waals surface area contributed by atoms with Crippen molar-refractivity contribution in [2.45, 2.75) is 19.3 Å². The van der Waals surface area contributed by atoms with Crippen LogP contribution >= 0.6 is 11.3 Å². The molecule has 0 spiro atoms. The Labute approximate surface area is 117 Å². The molecular formula is C14H11F2N3S. The number of nitrogens with one attached hydrogen (secondary N) is 1. The standard InChI is InChI=1S/C14H11F2N3S/c15-6-4-8(16)12-9(5-6)18-14(19-12)11-7-2-1-3-10(7)20-13(11)17/h4-5H,1-3,17H2,(H,18,19). The van der Waals surface area contributed by atoms with Crippen LogP contribution in [0.3, 0.4) is 0 Å². The van der Waals surface area contributed by atoms with E-state index in [1.807, 2.05) is 0 Å². The number of fused-ring (bicyclic) bond motifs is 2. The molecule has 0 saturated heterocycles. The molecule has 0 amide bonds.